The van der Waals surface area contributed by atoms with E-state index in [1.54, 1.807) is 6.92 Å². The number of nitrogens with one attached hydrogen (secondary N) is 1. The fourth-order valence-electron chi connectivity index (χ4n) is 2.81. The van der Waals surface area contributed by atoms with E-state index in [4.69, 9.17) is 4.74 Å². The molecular formula is C17H25NO3S. The summed E-state index contributed by atoms with van der Waals surface area (Å²) in [7, 11) is 0. The summed E-state index contributed by atoms with van der Waals surface area (Å²) in [5.74, 6) is -0.594. The van der Waals surface area contributed by atoms with E-state index in [-0.39, 0.29) is 11.9 Å². The Hall–Kier alpha value is -1.36. The Balaban J connectivity index is 1.87. The van der Waals surface area contributed by atoms with Crippen molar-refractivity contribution in [2.24, 2.45) is 0 Å². The number of carbonyl (C=O) groups is 2. The van der Waals surface area contributed by atoms with Gasteiger partial charge >= 0.3 is 5.97 Å². The fraction of sp³-hybridized carbons (Fsp3) is 0.647. The highest BCUT2D eigenvalue weighted by molar-refractivity contribution is 7.14. The van der Waals surface area contributed by atoms with E-state index in [1.807, 2.05) is 13.0 Å². The van der Waals surface area contributed by atoms with Crippen molar-refractivity contribution < 1.29 is 14.3 Å². The molecule has 2 rings (SSSR count). The molecule has 0 spiro atoms. The van der Waals surface area contributed by atoms with E-state index in [1.165, 1.54) is 22.6 Å². The Labute approximate surface area is 136 Å². The average Bonchev–Trinajstić information content (AvgIpc) is 2.89. The van der Waals surface area contributed by atoms with Crippen LogP contribution in [0.1, 0.15) is 66.1 Å². The van der Waals surface area contributed by atoms with Gasteiger partial charge in [0.25, 0.3) is 5.91 Å². The van der Waals surface area contributed by atoms with Crippen LogP contribution in [-0.2, 0) is 16.0 Å². The summed E-state index contributed by atoms with van der Waals surface area (Å²) in [6.07, 6.45) is 5.77. The smallest absolute Gasteiger partial charge is 0.349 e. The molecule has 1 aromatic heterocycles. The Morgan fingerprint density at radius 3 is 2.64 bits per heavy atom. The molecule has 1 aromatic rings. The van der Waals surface area contributed by atoms with Gasteiger partial charge in [0, 0.05) is 10.9 Å². The molecule has 1 heterocycles. The molecule has 0 aliphatic heterocycles. The van der Waals surface area contributed by atoms with Gasteiger partial charge in [-0.1, -0.05) is 26.2 Å². The summed E-state index contributed by atoms with van der Waals surface area (Å²) in [6.45, 7) is 5.69. The number of carbonyl (C=O) groups excluding carboxylic acids is 2. The maximum atomic E-state index is 12.1. The first-order chi connectivity index (χ1) is 10.5. The number of hydrogen-bond donors (Lipinski definition) is 1. The Morgan fingerprint density at radius 1 is 1.36 bits per heavy atom. The van der Waals surface area contributed by atoms with Crippen molar-refractivity contribution in [2.45, 2.75) is 71.4 Å². The van der Waals surface area contributed by atoms with Crippen LogP contribution in [0.25, 0.3) is 0 Å². The predicted octanol–water partition coefficient (Wildman–Crippen LogP) is 3.61. The molecule has 1 atom stereocenters. The number of aryl methyl sites for hydroxylation is 2. The summed E-state index contributed by atoms with van der Waals surface area (Å²) in [6, 6.07) is 2.08. The highest BCUT2D eigenvalue weighted by atomic mass is 32.1. The maximum Gasteiger partial charge on any atom is 0.349 e. The molecule has 1 fully saturated rings. The van der Waals surface area contributed by atoms with Gasteiger partial charge in [-0.3, -0.25) is 4.79 Å². The third-order valence-electron chi connectivity index (χ3n) is 4.15. The normalized spacial score (nSPS) is 17.0. The van der Waals surface area contributed by atoms with Gasteiger partial charge in [-0.2, -0.15) is 0 Å². The van der Waals surface area contributed by atoms with Crippen molar-refractivity contribution in [1.82, 2.24) is 5.32 Å². The average molecular weight is 323 g/mol. The van der Waals surface area contributed by atoms with Crippen LogP contribution in [-0.4, -0.2) is 24.0 Å². The van der Waals surface area contributed by atoms with Crippen molar-refractivity contribution in [3.63, 3.8) is 0 Å². The Morgan fingerprint density at radius 2 is 2.05 bits per heavy atom. The minimum absolute atomic E-state index is 0.191. The highest BCUT2D eigenvalue weighted by Gasteiger charge is 2.23. The quantitative estimate of drug-likeness (QED) is 0.842. The first kappa shape index (κ1) is 17.0. The summed E-state index contributed by atoms with van der Waals surface area (Å²) in [4.78, 5) is 26.0. The first-order valence-electron chi connectivity index (χ1n) is 8.12. The SMILES string of the molecule is CCc1sc(C(=O)O[C@@H](C)C(=O)NC2CCCCC2)cc1C. The monoisotopic (exact) mass is 323 g/mol. The van der Waals surface area contributed by atoms with Crippen LogP contribution < -0.4 is 5.32 Å². The lowest BCUT2D eigenvalue weighted by molar-refractivity contribution is -0.130. The van der Waals surface area contributed by atoms with Gasteiger partial charge < -0.3 is 10.1 Å². The molecule has 1 saturated carbocycles. The van der Waals surface area contributed by atoms with Crippen molar-refractivity contribution in [3.05, 3.63) is 21.4 Å². The van der Waals surface area contributed by atoms with Crippen LogP contribution in [0.3, 0.4) is 0 Å². The van der Waals surface area contributed by atoms with Crippen LogP contribution in [0.4, 0.5) is 0 Å². The summed E-state index contributed by atoms with van der Waals surface area (Å²) < 4.78 is 5.31. The number of amides is 1. The first-order valence-corrected chi connectivity index (χ1v) is 8.93. The second-order valence-corrected chi connectivity index (χ2v) is 7.10. The molecule has 4 nitrogen and oxygen atoms in total. The lowest BCUT2D eigenvalue weighted by Crippen LogP contribution is -2.42. The van der Waals surface area contributed by atoms with E-state index in [0.717, 1.165) is 37.7 Å². The third kappa shape index (κ3) is 4.32. The van der Waals surface area contributed by atoms with E-state index in [2.05, 4.69) is 12.2 Å². The molecule has 0 saturated heterocycles. The zero-order valence-corrected chi connectivity index (χ0v) is 14.4. The van der Waals surface area contributed by atoms with Crippen molar-refractivity contribution in [3.8, 4) is 0 Å². The van der Waals surface area contributed by atoms with E-state index < -0.39 is 12.1 Å². The minimum atomic E-state index is -0.748. The summed E-state index contributed by atoms with van der Waals surface area (Å²) >= 11 is 1.45. The lowest BCUT2D eigenvalue weighted by atomic mass is 9.95. The molecule has 0 aromatic carbocycles. The molecule has 1 amide bonds. The number of ether oxygens (including phenoxy) is 1. The molecule has 122 valence electrons. The van der Waals surface area contributed by atoms with Gasteiger partial charge in [0.1, 0.15) is 4.88 Å². The van der Waals surface area contributed by atoms with Crippen LogP contribution in [0.2, 0.25) is 0 Å². The number of esters is 1. The largest absolute Gasteiger partial charge is 0.448 e. The fourth-order valence-corrected chi connectivity index (χ4v) is 3.81. The molecule has 0 unspecified atom stereocenters. The molecule has 5 heteroatoms. The molecule has 1 N–H and O–H groups in total. The standard InChI is InChI=1S/C17H25NO3S/c1-4-14-11(2)10-15(22-14)17(20)21-12(3)16(19)18-13-8-6-5-7-9-13/h10,12-13H,4-9H2,1-3H3,(H,18,19)/t12-/m0/s1. The van der Waals surface area contributed by atoms with E-state index in [0.29, 0.717) is 4.88 Å². The van der Waals surface area contributed by atoms with Crippen LogP contribution in [0.5, 0.6) is 0 Å². The number of hydrogen-bond acceptors (Lipinski definition) is 4. The highest BCUT2D eigenvalue weighted by Crippen LogP contribution is 2.23. The number of thiophene rings is 1. The lowest BCUT2D eigenvalue weighted by Gasteiger charge is -2.24. The molecule has 1 aliphatic carbocycles. The van der Waals surface area contributed by atoms with E-state index in [9.17, 15) is 9.59 Å². The van der Waals surface area contributed by atoms with Gasteiger partial charge in [-0.15, -0.1) is 11.3 Å². The molecule has 1 aliphatic rings. The maximum absolute atomic E-state index is 12.1. The Kier molecular flexibility index (Phi) is 6.00. The minimum Gasteiger partial charge on any atom is -0.448 e. The van der Waals surface area contributed by atoms with E-state index >= 15 is 0 Å². The molecule has 0 bridgehead atoms. The van der Waals surface area contributed by atoms with Gasteiger partial charge in [0.05, 0.1) is 0 Å². The molecule has 0 radical (unpaired) electrons. The van der Waals surface area contributed by atoms with Gasteiger partial charge in [-0.25, -0.2) is 4.79 Å². The van der Waals surface area contributed by atoms with Crippen LogP contribution in [0, 0.1) is 6.92 Å². The van der Waals surface area contributed by atoms with Gasteiger partial charge in [0.15, 0.2) is 6.10 Å². The molecule has 22 heavy (non-hydrogen) atoms. The number of rotatable bonds is 5. The second kappa shape index (κ2) is 7.77. The van der Waals surface area contributed by atoms with Crippen LogP contribution in [0.15, 0.2) is 6.07 Å². The Bertz CT molecular complexity index is 532. The third-order valence-corrected chi connectivity index (χ3v) is 5.51. The zero-order valence-electron chi connectivity index (χ0n) is 13.6. The predicted molar refractivity (Wildman–Crippen MR) is 88.3 cm³/mol. The van der Waals surface area contributed by atoms with Gasteiger partial charge in [0.2, 0.25) is 0 Å². The zero-order chi connectivity index (χ0) is 16.1. The second-order valence-electron chi connectivity index (χ2n) is 5.96. The van der Waals surface area contributed by atoms with Crippen LogP contribution >= 0.6 is 11.3 Å². The van der Waals surface area contributed by atoms with Crippen molar-refractivity contribution in [1.29, 1.82) is 0 Å². The summed E-state index contributed by atoms with van der Waals surface area (Å²) in [5.41, 5.74) is 1.11. The topological polar surface area (TPSA) is 55.4 Å². The van der Waals surface area contributed by atoms with Crippen molar-refractivity contribution in [2.75, 3.05) is 0 Å². The van der Waals surface area contributed by atoms with Crippen molar-refractivity contribution >= 4 is 23.2 Å². The molecular weight excluding hydrogens is 298 g/mol. The van der Waals surface area contributed by atoms with Gasteiger partial charge in [-0.05, 0) is 44.7 Å². The summed E-state index contributed by atoms with van der Waals surface area (Å²) in [5, 5.41) is 2.99.